The third kappa shape index (κ3) is 4.56. The molecule has 0 aromatic rings. The Morgan fingerprint density at radius 1 is 1.17 bits per heavy atom. The van der Waals surface area contributed by atoms with Crippen LogP contribution in [-0.4, -0.2) is 8.32 Å². The van der Waals surface area contributed by atoms with E-state index in [9.17, 15) is 4.57 Å². The van der Waals surface area contributed by atoms with E-state index in [0.29, 0.717) is 0 Å². The summed E-state index contributed by atoms with van der Waals surface area (Å²) in [5.41, 5.74) is 0. The molecule has 0 heterocycles. The SMILES string of the molecule is CC[Si](CC)(CC)OP(=O)(Br)Br. The molecular weight excluding hydrogens is 323 g/mol. The smallest absolute Gasteiger partial charge is 0.319 e. The van der Waals surface area contributed by atoms with Gasteiger partial charge in [0.2, 0.25) is 8.32 Å². The van der Waals surface area contributed by atoms with E-state index in [4.69, 9.17) is 4.21 Å². The fourth-order valence-electron chi connectivity index (χ4n) is 1.17. The Hall–Kier alpha value is 1.37. The molecule has 0 saturated carbocycles. The van der Waals surface area contributed by atoms with Gasteiger partial charge in [-0.2, -0.15) is 0 Å². The van der Waals surface area contributed by atoms with Crippen LogP contribution in [0.25, 0.3) is 0 Å². The highest BCUT2D eigenvalue weighted by molar-refractivity contribution is 9.70. The molecule has 12 heavy (non-hydrogen) atoms. The second kappa shape index (κ2) is 5.30. The Kier molecular flexibility index (Phi) is 5.90. The maximum Gasteiger partial charge on any atom is 0.319 e. The van der Waals surface area contributed by atoms with Crippen LogP contribution >= 0.6 is 35.8 Å². The van der Waals surface area contributed by atoms with Gasteiger partial charge in [0, 0.05) is 31.0 Å². The van der Waals surface area contributed by atoms with Crippen molar-refractivity contribution in [3.8, 4) is 0 Å². The predicted octanol–water partition coefficient (Wildman–Crippen LogP) is 4.91. The minimum absolute atomic E-state index is 1.02. The monoisotopic (exact) mass is 336 g/mol. The maximum absolute atomic E-state index is 11.4. The summed E-state index contributed by atoms with van der Waals surface area (Å²) in [5, 5.41) is 0. The summed E-state index contributed by atoms with van der Waals surface area (Å²) in [4.78, 5) is 0. The number of rotatable bonds is 5. The maximum atomic E-state index is 11.4. The van der Waals surface area contributed by atoms with E-state index in [0.717, 1.165) is 18.1 Å². The van der Waals surface area contributed by atoms with Crippen molar-refractivity contribution in [2.75, 3.05) is 0 Å². The molecule has 0 aromatic carbocycles. The van der Waals surface area contributed by atoms with Crippen LogP contribution < -0.4 is 0 Å². The molecule has 0 atom stereocenters. The highest BCUT2D eigenvalue weighted by Crippen LogP contribution is 2.65. The van der Waals surface area contributed by atoms with Crippen molar-refractivity contribution >= 4 is 44.1 Å². The van der Waals surface area contributed by atoms with E-state index < -0.39 is 13.1 Å². The van der Waals surface area contributed by atoms with Gasteiger partial charge in [-0.05, 0) is 18.1 Å². The van der Waals surface area contributed by atoms with Gasteiger partial charge in [0.05, 0.1) is 0 Å². The largest absolute Gasteiger partial charge is 0.354 e. The molecule has 0 aliphatic rings. The quantitative estimate of drug-likeness (QED) is 0.526. The van der Waals surface area contributed by atoms with E-state index in [1.165, 1.54) is 0 Å². The lowest BCUT2D eigenvalue weighted by Gasteiger charge is -2.28. The van der Waals surface area contributed by atoms with Gasteiger partial charge < -0.3 is 4.21 Å². The van der Waals surface area contributed by atoms with E-state index in [1.54, 1.807) is 0 Å². The van der Waals surface area contributed by atoms with Crippen LogP contribution in [0.2, 0.25) is 18.1 Å². The van der Waals surface area contributed by atoms with E-state index in [1.807, 2.05) is 0 Å². The van der Waals surface area contributed by atoms with Crippen LogP contribution in [0.4, 0.5) is 0 Å². The van der Waals surface area contributed by atoms with Crippen molar-refractivity contribution in [2.45, 2.75) is 38.9 Å². The first kappa shape index (κ1) is 13.4. The summed E-state index contributed by atoms with van der Waals surface area (Å²) in [6, 6.07) is 3.05. The first-order valence-electron chi connectivity index (χ1n) is 4.09. The Labute approximate surface area is 91.5 Å². The highest BCUT2D eigenvalue weighted by Gasteiger charge is 2.34. The summed E-state index contributed by atoms with van der Waals surface area (Å²) in [7, 11) is -1.71. The van der Waals surface area contributed by atoms with Crippen molar-refractivity contribution in [3.05, 3.63) is 0 Å². The van der Waals surface area contributed by atoms with Gasteiger partial charge in [0.25, 0.3) is 0 Å². The molecule has 0 rings (SSSR count). The first-order chi connectivity index (χ1) is 5.39. The molecule has 74 valence electrons. The molecule has 0 fully saturated rings. The lowest BCUT2D eigenvalue weighted by atomic mass is 10.9. The number of halogens is 2. The minimum Gasteiger partial charge on any atom is -0.354 e. The van der Waals surface area contributed by atoms with Crippen molar-refractivity contribution < 1.29 is 8.78 Å². The average Bonchev–Trinajstić information content (AvgIpc) is 1.99. The third-order valence-electron chi connectivity index (χ3n) is 2.23. The second-order valence-electron chi connectivity index (χ2n) is 2.75. The van der Waals surface area contributed by atoms with Crippen molar-refractivity contribution in [1.82, 2.24) is 0 Å². The molecule has 0 unspecified atom stereocenters. The normalized spacial score (nSPS) is 13.4. The Morgan fingerprint density at radius 3 is 1.58 bits per heavy atom. The van der Waals surface area contributed by atoms with Gasteiger partial charge in [-0.1, -0.05) is 20.8 Å². The predicted molar refractivity (Wildman–Crippen MR) is 63.7 cm³/mol. The van der Waals surface area contributed by atoms with E-state index >= 15 is 0 Å². The fourth-order valence-corrected chi connectivity index (χ4v) is 11.6. The second-order valence-corrected chi connectivity index (χ2v) is 17.3. The zero-order chi connectivity index (χ0) is 9.83. The van der Waals surface area contributed by atoms with Crippen LogP contribution in [-0.2, 0) is 8.78 Å². The van der Waals surface area contributed by atoms with Gasteiger partial charge in [-0.25, -0.2) is 0 Å². The van der Waals surface area contributed by atoms with Crippen LogP contribution in [0.15, 0.2) is 0 Å². The molecule has 0 N–H and O–H groups in total. The summed E-state index contributed by atoms with van der Waals surface area (Å²) in [6.45, 7) is 6.32. The fraction of sp³-hybridized carbons (Fsp3) is 1.00. The minimum atomic E-state index is -2.65. The summed E-state index contributed by atoms with van der Waals surface area (Å²) in [6.07, 6.45) is 0. The lowest BCUT2D eigenvalue weighted by molar-refractivity contribution is 0.506. The van der Waals surface area contributed by atoms with Crippen LogP contribution in [0.1, 0.15) is 20.8 Å². The molecule has 0 radical (unpaired) electrons. The lowest BCUT2D eigenvalue weighted by Crippen LogP contribution is -2.33. The third-order valence-corrected chi connectivity index (χ3v) is 11.1. The molecule has 0 spiro atoms. The van der Waals surface area contributed by atoms with Gasteiger partial charge in [-0.15, -0.1) is 0 Å². The van der Waals surface area contributed by atoms with Crippen molar-refractivity contribution in [2.24, 2.45) is 0 Å². The zero-order valence-electron chi connectivity index (χ0n) is 7.64. The van der Waals surface area contributed by atoms with Crippen LogP contribution in [0, 0.1) is 0 Å². The van der Waals surface area contributed by atoms with Gasteiger partial charge in [0.15, 0.2) is 0 Å². The summed E-state index contributed by atoms with van der Waals surface area (Å²) in [5.74, 6) is 0. The first-order valence-corrected chi connectivity index (χ1v) is 12.3. The molecule has 0 saturated heterocycles. The molecular formula is C6H15Br2O2PSi. The molecule has 0 aliphatic carbocycles. The molecule has 0 amide bonds. The van der Waals surface area contributed by atoms with Crippen molar-refractivity contribution in [3.63, 3.8) is 0 Å². The van der Waals surface area contributed by atoms with E-state index in [-0.39, 0.29) is 0 Å². The molecule has 0 aliphatic heterocycles. The Balaban J connectivity index is 4.41. The van der Waals surface area contributed by atoms with Crippen molar-refractivity contribution in [1.29, 1.82) is 0 Å². The Bertz CT molecular complexity index is 170. The van der Waals surface area contributed by atoms with Gasteiger partial charge in [0.1, 0.15) is 0 Å². The number of hydrogen-bond donors (Lipinski definition) is 0. The molecule has 6 heteroatoms. The molecule has 0 aromatic heterocycles. The molecule has 0 bridgehead atoms. The summed E-state index contributed by atoms with van der Waals surface area (Å²) >= 11 is 6.04. The molecule has 2 nitrogen and oxygen atoms in total. The van der Waals surface area contributed by atoms with Gasteiger partial charge in [-0.3, -0.25) is 4.57 Å². The zero-order valence-corrected chi connectivity index (χ0v) is 12.7. The highest BCUT2D eigenvalue weighted by atomic mass is 79.9. The summed E-state index contributed by atoms with van der Waals surface area (Å²) < 4.78 is 14.3. The Morgan fingerprint density at radius 2 is 1.50 bits per heavy atom. The number of hydrogen-bond acceptors (Lipinski definition) is 2. The van der Waals surface area contributed by atoms with Crippen LogP contribution in [0.5, 0.6) is 0 Å². The van der Waals surface area contributed by atoms with Gasteiger partial charge >= 0.3 is 4.77 Å². The van der Waals surface area contributed by atoms with Crippen LogP contribution in [0.3, 0.4) is 0 Å². The topological polar surface area (TPSA) is 26.3 Å². The standard InChI is InChI=1S/C6H15Br2O2PSi/c1-4-12(5-2,6-3)10-11(7,8)9/h4-6H2,1-3H3. The average molecular weight is 338 g/mol. The van der Waals surface area contributed by atoms with E-state index in [2.05, 4.69) is 51.7 Å².